The smallest absolute Gasteiger partial charge is 0.107 e. The van der Waals surface area contributed by atoms with Gasteiger partial charge in [-0.05, 0) is 42.9 Å². The normalized spacial score (nSPS) is 28.0. The first-order valence-electron chi connectivity index (χ1n) is 12.1. The van der Waals surface area contributed by atoms with E-state index in [1.54, 1.807) is 0 Å². The molecule has 7 N–H and O–H groups in total. The molecule has 0 spiro atoms. The number of aliphatic hydroxyl groups is 5. The highest BCUT2D eigenvalue weighted by Gasteiger charge is 2.35. The number of nitrogens with one attached hydrogen (secondary N) is 2. The zero-order valence-electron chi connectivity index (χ0n) is 20.8. The number of rotatable bonds is 11. The van der Waals surface area contributed by atoms with Crippen LogP contribution in [-0.2, 0) is 0 Å². The third-order valence-corrected chi connectivity index (χ3v) is 6.48. The molecule has 1 saturated carbocycles. The Labute approximate surface area is 200 Å². The van der Waals surface area contributed by atoms with Crippen molar-refractivity contribution in [2.45, 2.75) is 129 Å². The molecule has 0 bridgehead atoms. The van der Waals surface area contributed by atoms with Gasteiger partial charge in [0.15, 0.2) is 0 Å². The van der Waals surface area contributed by atoms with E-state index in [2.05, 4.69) is 45.3 Å². The summed E-state index contributed by atoms with van der Waals surface area (Å²) in [6, 6.07) is -0.854. The minimum absolute atomic E-state index is 0.00801. The maximum absolute atomic E-state index is 10.8. The molecule has 0 aromatic rings. The van der Waals surface area contributed by atoms with E-state index < -0.39 is 42.6 Å². The standard InChI is InChI=1S/C24H48N2O5S/c1-7-15(27)11-19(29)17(26-20(32)12-24(5,6)14-23(2,3)4)13-25-16-9-8-10-18(28)22(31)21(16)30/h15-19,21-22,25,27-31H,7-14H2,1-6H3,(H,26,32). The highest BCUT2D eigenvalue weighted by atomic mass is 32.1. The van der Waals surface area contributed by atoms with Gasteiger partial charge in [-0.25, -0.2) is 0 Å². The molecular weight excluding hydrogens is 428 g/mol. The zero-order chi connectivity index (χ0) is 24.7. The van der Waals surface area contributed by atoms with Gasteiger partial charge in [-0.1, -0.05) is 53.8 Å². The van der Waals surface area contributed by atoms with Crippen LogP contribution in [0.5, 0.6) is 0 Å². The van der Waals surface area contributed by atoms with Crippen LogP contribution in [0.3, 0.4) is 0 Å². The summed E-state index contributed by atoms with van der Waals surface area (Å²) in [5.74, 6) is 0. The van der Waals surface area contributed by atoms with Gasteiger partial charge in [-0.3, -0.25) is 0 Å². The maximum Gasteiger partial charge on any atom is 0.107 e. The van der Waals surface area contributed by atoms with E-state index in [4.69, 9.17) is 12.2 Å². The van der Waals surface area contributed by atoms with Gasteiger partial charge in [-0.15, -0.1) is 0 Å². The quantitative estimate of drug-likeness (QED) is 0.178. The first kappa shape index (κ1) is 29.7. The second-order valence-corrected chi connectivity index (χ2v) is 12.1. The topological polar surface area (TPSA) is 125 Å². The fourth-order valence-electron chi connectivity index (χ4n) is 4.94. The highest BCUT2D eigenvalue weighted by Crippen LogP contribution is 2.35. The van der Waals surface area contributed by atoms with E-state index in [0.717, 1.165) is 6.42 Å². The molecule has 0 aromatic heterocycles. The maximum atomic E-state index is 10.8. The molecule has 7 unspecified atom stereocenters. The minimum Gasteiger partial charge on any atom is -0.393 e. The molecule has 190 valence electrons. The highest BCUT2D eigenvalue weighted by molar-refractivity contribution is 7.80. The molecule has 0 aliphatic heterocycles. The number of hydrogen-bond donors (Lipinski definition) is 7. The molecule has 0 saturated heterocycles. The molecule has 1 aliphatic carbocycles. The summed E-state index contributed by atoms with van der Waals surface area (Å²) in [5, 5.41) is 57.9. The van der Waals surface area contributed by atoms with Crippen molar-refractivity contribution in [2.24, 2.45) is 10.8 Å². The SMILES string of the molecule is CCC(O)CC(O)C(CNC1CCCC(O)C(O)C1O)NC(=S)CC(C)(C)CC(C)(C)C. The third-order valence-electron chi connectivity index (χ3n) is 6.22. The molecule has 0 heterocycles. The van der Waals surface area contributed by atoms with Crippen LogP contribution in [-0.4, -0.2) is 79.7 Å². The predicted octanol–water partition coefficient (Wildman–Crippen LogP) is 1.87. The van der Waals surface area contributed by atoms with Crippen molar-refractivity contribution < 1.29 is 25.5 Å². The lowest BCUT2D eigenvalue weighted by Crippen LogP contribution is -2.55. The van der Waals surface area contributed by atoms with Gasteiger partial charge >= 0.3 is 0 Å². The minimum atomic E-state index is -1.20. The van der Waals surface area contributed by atoms with Crippen LogP contribution < -0.4 is 10.6 Å². The van der Waals surface area contributed by atoms with Crippen LogP contribution in [0.25, 0.3) is 0 Å². The molecule has 8 heteroatoms. The van der Waals surface area contributed by atoms with Crippen molar-refractivity contribution in [3.63, 3.8) is 0 Å². The van der Waals surface area contributed by atoms with Crippen LogP contribution >= 0.6 is 12.2 Å². The summed E-state index contributed by atoms with van der Waals surface area (Å²) in [6.07, 6.45) is -0.502. The Balaban J connectivity index is 2.83. The van der Waals surface area contributed by atoms with E-state index in [9.17, 15) is 25.5 Å². The molecule has 0 radical (unpaired) electrons. The zero-order valence-corrected chi connectivity index (χ0v) is 21.7. The van der Waals surface area contributed by atoms with Crippen LogP contribution in [0.2, 0.25) is 0 Å². The summed E-state index contributed by atoms with van der Waals surface area (Å²) in [6.45, 7) is 13.2. The molecule has 32 heavy (non-hydrogen) atoms. The first-order valence-corrected chi connectivity index (χ1v) is 12.5. The summed E-state index contributed by atoms with van der Waals surface area (Å²) in [7, 11) is 0. The lowest BCUT2D eigenvalue weighted by molar-refractivity contribution is -0.0651. The first-order chi connectivity index (χ1) is 14.6. The Morgan fingerprint density at radius 2 is 1.66 bits per heavy atom. The molecule has 1 rings (SSSR count). The van der Waals surface area contributed by atoms with Gasteiger partial charge < -0.3 is 36.2 Å². The van der Waals surface area contributed by atoms with E-state index >= 15 is 0 Å². The Hall–Kier alpha value is -0.350. The fourth-order valence-corrected chi connectivity index (χ4v) is 5.48. The van der Waals surface area contributed by atoms with Gasteiger partial charge in [-0.2, -0.15) is 0 Å². The number of thiocarbonyl (C=S) groups is 1. The van der Waals surface area contributed by atoms with Crippen LogP contribution in [0, 0.1) is 10.8 Å². The van der Waals surface area contributed by atoms with Crippen LogP contribution in [0.4, 0.5) is 0 Å². The van der Waals surface area contributed by atoms with Gasteiger partial charge in [0.1, 0.15) is 6.10 Å². The average Bonchev–Trinajstić information content (AvgIpc) is 2.76. The Kier molecular flexibility index (Phi) is 12.0. The van der Waals surface area contributed by atoms with Crippen molar-refractivity contribution >= 4 is 17.2 Å². The van der Waals surface area contributed by atoms with E-state index in [0.29, 0.717) is 43.6 Å². The van der Waals surface area contributed by atoms with Crippen molar-refractivity contribution in [3.8, 4) is 0 Å². The van der Waals surface area contributed by atoms with Crippen molar-refractivity contribution in [1.82, 2.24) is 10.6 Å². The van der Waals surface area contributed by atoms with Gasteiger partial charge in [0, 0.05) is 25.4 Å². The number of aliphatic hydroxyl groups excluding tert-OH is 5. The van der Waals surface area contributed by atoms with E-state index in [-0.39, 0.29) is 17.3 Å². The lowest BCUT2D eigenvalue weighted by atomic mass is 9.74. The summed E-state index contributed by atoms with van der Waals surface area (Å²) in [5.41, 5.74) is 0.164. The van der Waals surface area contributed by atoms with Crippen molar-refractivity contribution in [2.75, 3.05) is 6.54 Å². The molecular formula is C24H48N2O5S. The van der Waals surface area contributed by atoms with Gasteiger partial charge in [0.05, 0.1) is 35.4 Å². The van der Waals surface area contributed by atoms with E-state index in [1.807, 2.05) is 6.92 Å². The third kappa shape index (κ3) is 10.7. The summed E-state index contributed by atoms with van der Waals surface area (Å²) < 4.78 is 0. The molecule has 0 amide bonds. The second-order valence-electron chi connectivity index (χ2n) is 11.6. The van der Waals surface area contributed by atoms with E-state index in [1.165, 1.54) is 0 Å². The Morgan fingerprint density at radius 3 is 2.22 bits per heavy atom. The largest absolute Gasteiger partial charge is 0.393 e. The molecule has 1 fully saturated rings. The second kappa shape index (κ2) is 12.9. The number of hydrogen-bond acceptors (Lipinski definition) is 7. The Bertz CT molecular complexity index is 569. The van der Waals surface area contributed by atoms with Gasteiger partial charge in [0.25, 0.3) is 0 Å². The average molecular weight is 477 g/mol. The molecule has 7 atom stereocenters. The van der Waals surface area contributed by atoms with Crippen LogP contribution in [0.1, 0.15) is 86.5 Å². The lowest BCUT2D eigenvalue weighted by Gasteiger charge is -2.35. The monoisotopic (exact) mass is 476 g/mol. The molecule has 0 aromatic carbocycles. The molecule has 1 aliphatic rings. The van der Waals surface area contributed by atoms with Crippen molar-refractivity contribution in [3.05, 3.63) is 0 Å². The predicted molar refractivity (Wildman–Crippen MR) is 133 cm³/mol. The Morgan fingerprint density at radius 1 is 1.03 bits per heavy atom. The summed E-state index contributed by atoms with van der Waals surface area (Å²) >= 11 is 5.64. The van der Waals surface area contributed by atoms with Crippen molar-refractivity contribution in [1.29, 1.82) is 0 Å². The summed E-state index contributed by atoms with van der Waals surface area (Å²) in [4.78, 5) is 0.660. The molecule has 7 nitrogen and oxygen atoms in total. The van der Waals surface area contributed by atoms with Crippen LogP contribution in [0.15, 0.2) is 0 Å². The fraction of sp³-hybridized carbons (Fsp3) is 0.958. The van der Waals surface area contributed by atoms with Gasteiger partial charge in [0.2, 0.25) is 0 Å².